The van der Waals surface area contributed by atoms with Gasteiger partial charge in [0.2, 0.25) is 0 Å². The Morgan fingerprint density at radius 2 is 2.00 bits per heavy atom. The second-order valence-corrected chi connectivity index (χ2v) is 6.76. The van der Waals surface area contributed by atoms with Crippen molar-refractivity contribution in [2.24, 2.45) is 0 Å². The highest BCUT2D eigenvalue weighted by Crippen LogP contribution is 2.35. The number of hydrogen-bond donors (Lipinski definition) is 0. The first-order valence-electron chi connectivity index (χ1n) is 6.69. The van der Waals surface area contributed by atoms with E-state index in [9.17, 15) is 4.79 Å². The van der Waals surface area contributed by atoms with Crippen molar-refractivity contribution < 1.29 is 14.3 Å². The molecule has 1 atom stereocenters. The third kappa shape index (κ3) is 4.37. The average Bonchev–Trinajstić information content (AvgIpc) is 2.75. The molecule has 0 radical (unpaired) electrons. The lowest BCUT2D eigenvalue weighted by atomic mass is 10.1. The number of ether oxygens (including phenoxy) is 2. The number of hydrogen-bond acceptors (Lipinski definition) is 3. The first-order chi connectivity index (χ1) is 9.33. The predicted octanol–water partition coefficient (Wildman–Crippen LogP) is 4.53. The molecule has 2 rings (SSSR count). The molecule has 1 heterocycles. The second kappa shape index (κ2) is 6.00. The van der Waals surface area contributed by atoms with E-state index in [1.54, 1.807) is 0 Å². The maximum absolute atomic E-state index is 11.7. The van der Waals surface area contributed by atoms with Crippen molar-refractivity contribution >= 4 is 21.9 Å². The maximum Gasteiger partial charge on any atom is 0.334 e. The van der Waals surface area contributed by atoms with Gasteiger partial charge in [0.15, 0.2) is 0 Å². The van der Waals surface area contributed by atoms with Gasteiger partial charge >= 0.3 is 5.97 Å². The third-order valence-electron chi connectivity index (χ3n) is 2.87. The van der Waals surface area contributed by atoms with Gasteiger partial charge in [-0.2, -0.15) is 0 Å². The highest BCUT2D eigenvalue weighted by Gasteiger charge is 2.24. The summed E-state index contributed by atoms with van der Waals surface area (Å²) >= 11 is 3.41. The van der Waals surface area contributed by atoms with Crippen LogP contribution >= 0.6 is 15.9 Å². The Morgan fingerprint density at radius 3 is 2.60 bits per heavy atom. The molecule has 0 spiro atoms. The SMILES string of the molecule is CC(C)(C)OC(=O)/C=C1\CCC(c2ccc(Br)cc2)O1. The molecule has 20 heavy (non-hydrogen) atoms. The number of carbonyl (C=O) groups excluding carboxylic acids is 1. The standard InChI is InChI=1S/C16H19BrO3/c1-16(2,3)20-15(18)10-13-8-9-14(19-13)11-4-6-12(17)7-5-11/h4-7,10,14H,8-9H2,1-3H3/b13-10+. The van der Waals surface area contributed by atoms with Crippen LogP contribution in [0.3, 0.4) is 0 Å². The molecule has 1 unspecified atom stereocenters. The van der Waals surface area contributed by atoms with E-state index >= 15 is 0 Å². The smallest absolute Gasteiger partial charge is 0.334 e. The summed E-state index contributed by atoms with van der Waals surface area (Å²) in [5, 5.41) is 0. The Balaban J connectivity index is 1.98. The zero-order valence-electron chi connectivity index (χ0n) is 12.0. The van der Waals surface area contributed by atoms with Crippen LogP contribution in [0.2, 0.25) is 0 Å². The summed E-state index contributed by atoms with van der Waals surface area (Å²) in [4.78, 5) is 11.7. The Kier molecular flexibility index (Phi) is 4.53. The molecule has 1 saturated heterocycles. The van der Waals surface area contributed by atoms with E-state index in [0.717, 1.165) is 22.9 Å². The van der Waals surface area contributed by atoms with Gasteiger partial charge in [-0.3, -0.25) is 0 Å². The Labute approximate surface area is 128 Å². The van der Waals surface area contributed by atoms with Gasteiger partial charge < -0.3 is 9.47 Å². The average molecular weight is 339 g/mol. The van der Waals surface area contributed by atoms with Gasteiger partial charge in [-0.1, -0.05) is 28.1 Å². The number of rotatable bonds is 2. The molecule has 0 aliphatic carbocycles. The van der Waals surface area contributed by atoms with Crippen molar-refractivity contribution in [3.63, 3.8) is 0 Å². The number of halogens is 1. The summed E-state index contributed by atoms with van der Waals surface area (Å²) in [7, 11) is 0. The lowest BCUT2D eigenvalue weighted by Gasteiger charge is -2.18. The lowest BCUT2D eigenvalue weighted by Crippen LogP contribution is -2.22. The lowest BCUT2D eigenvalue weighted by molar-refractivity contribution is -0.148. The van der Waals surface area contributed by atoms with Crippen LogP contribution in [0.5, 0.6) is 0 Å². The minimum atomic E-state index is -0.474. The van der Waals surface area contributed by atoms with Crippen molar-refractivity contribution in [1.29, 1.82) is 0 Å². The molecule has 1 aliphatic rings. The van der Waals surface area contributed by atoms with Crippen LogP contribution in [0, 0.1) is 0 Å². The van der Waals surface area contributed by atoms with Crippen LogP contribution in [0.1, 0.15) is 45.3 Å². The Morgan fingerprint density at radius 1 is 1.35 bits per heavy atom. The van der Waals surface area contributed by atoms with E-state index in [-0.39, 0.29) is 12.1 Å². The number of esters is 1. The fourth-order valence-electron chi connectivity index (χ4n) is 2.05. The van der Waals surface area contributed by atoms with Gasteiger partial charge in [0.1, 0.15) is 17.5 Å². The van der Waals surface area contributed by atoms with Gasteiger partial charge in [0.05, 0.1) is 6.08 Å². The summed E-state index contributed by atoms with van der Waals surface area (Å²) in [6.07, 6.45) is 3.14. The van der Waals surface area contributed by atoms with Crippen LogP contribution in [-0.4, -0.2) is 11.6 Å². The largest absolute Gasteiger partial charge is 0.490 e. The van der Waals surface area contributed by atoms with Crippen molar-refractivity contribution in [1.82, 2.24) is 0 Å². The van der Waals surface area contributed by atoms with Gasteiger partial charge in [-0.15, -0.1) is 0 Å². The van der Waals surface area contributed by atoms with Crippen molar-refractivity contribution in [2.75, 3.05) is 0 Å². The Bertz CT molecular complexity index is 512. The van der Waals surface area contributed by atoms with E-state index in [2.05, 4.69) is 15.9 Å². The number of benzene rings is 1. The molecule has 1 aromatic rings. The van der Waals surface area contributed by atoms with Crippen LogP contribution in [-0.2, 0) is 14.3 Å². The van der Waals surface area contributed by atoms with Crippen LogP contribution in [0.25, 0.3) is 0 Å². The number of carbonyl (C=O) groups is 1. The van der Waals surface area contributed by atoms with Gasteiger partial charge in [-0.05, 0) is 44.9 Å². The van der Waals surface area contributed by atoms with Crippen LogP contribution < -0.4 is 0 Å². The van der Waals surface area contributed by atoms with Crippen LogP contribution in [0.15, 0.2) is 40.6 Å². The third-order valence-corrected chi connectivity index (χ3v) is 3.40. The summed E-state index contributed by atoms with van der Waals surface area (Å²) in [6.45, 7) is 5.55. The second-order valence-electron chi connectivity index (χ2n) is 5.84. The van der Waals surface area contributed by atoms with E-state index in [4.69, 9.17) is 9.47 Å². The molecule has 1 aromatic carbocycles. The quantitative estimate of drug-likeness (QED) is 0.587. The summed E-state index contributed by atoms with van der Waals surface area (Å²) < 4.78 is 12.1. The van der Waals surface area contributed by atoms with Crippen molar-refractivity contribution in [3.8, 4) is 0 Å². The number of allylic oxidation sites excluding steroid dienone is 1. The molecule has 0 bridgehead atoms. The fourth-order valence-corrected chi connectivity index (χ4v) is 2.32. The molecular formula is C16H19BrO3. The van der Waals surface area contributed by atoms with Crippen molar-refractivity contribution in [3.05, 3.63) is 46.1 Å². The minimum absolute atomic E-state index is 0.0248. The molecule has 0 aromatic heterocycles. The first kappa shape index (κ1) is 15.1. The summed E-state index contributed by atoms with van der Waals surface area (Å²) in [6, 6.07) is 8.05. The predicted molar refractivity (Wildman–Crippen MR) is 81.1 cm³/mol. The summed E-state index contributed by atoms with van der Waals surface area (Å²) in [5.41, 5.74) is 0.651. The van der Waals surface area contributed by atoms with Gasteiger partial charge in [-0.25, -0.2) is 4.79 Å². The highest BCUT2D eigenvalue weighted by atomic mass is 79.9. The molecule has 4 heteroatoms. The Hall–Kier alpha value is -1.29. The zero-order chi connectivity index (χ0) is 14.8. The first-order valence-corrected chi connectivity index (χ1v) is 7.48. The summed E-state index contributed by atoms with van der Waals surface area (Å²) in [5.74, 6) is 0.358. The molecular weight excluding hydrogens is 320 g/mol. The highest BCUT2D eigenvalue weighted by molar-refractivity contribution is 9.10. The van der Waals surface area contributed by atoms with E-state index in [1.807, 2.05) is 45.0 Å². The van der Waals surface area contributed by atoms with Gasteiger partial charge in [0, 0.05) is 10.9 Å². The zero-order valence-corrected chi connectivity index (χ0v) is 13.6. The normalized spacial score (nSPS) is 20.8. The monoisotopic (exact) mass is 338 g/mol. The minimum Gasteiger partial charge on any atom is -0.490 e. The van der Waals surface area contributed by atoms with E-state index < -0.39 is 5.60 Å². The molecule has 0 amide bonds. The maximum atomic E-state index is 11.7. The van der Waals surface area contributed by atoms with E-state index in [0.29, 0.717) is 5.76 Å². The van der Waals surface area contributed by atoms with Gasteiger partial charge in [0.25, 0.3) is 0 Å². The van der Waals surface area contributed by atoms with E-state index in [1.165, 1.54) is 6.08 Å². The fraction of sp³-hybridized carbons (Fsp3) is 0.438. The molecule has 0 N–H and O–H groups in total. The molecule has 0 saturated carbocycles. The molecule has 1 aliphatic heterocycles. The molecule has 1 fully saturated rings. The molecule has 3 nitrogen and oxygen atoms in total. The molecule has 108 valence electrons. The van der Waals surface area contributed by atoms with Crippen LogP contribution in [0.4, 0.5) is 0 Å². The van der Waals surface area contributed by atoms with Crippen molar-refractivity contribution in [2.45, 2.75) is 45.3 Å². The topological polar surface area (TPSA) is 35.5 Å².